The number of rotatable bonds is 6. The molecule has 0 aliphatic heterocycles. The van der Waals surface area contributed by atoms with Crippen molar-refractivity contribution in [1.82, 2.24) is 0 Å². The maximum absolute atomic E-state index is 10.4. The first-order valence-electron chi connectivity index (χ1n) is 5.33. The Labute approximate surface area is 96.9 Å². The van der Waals surface area contributed by atoms with Crippen LogP contribution in [0.3, 0.4) is 0 Å². The molecule has 0 aromatic rings. The number of nitriles is 2. The molecule has 0 atom stereocenters. The van der Waals surface area contributed by atoms with Crippen LogP contribution < -0.4 is 0 Å². The van der Waals surface area contributed by atoms with Crippen molar-refractivity contribution < 1.29 is 9.59 Å². The maximum atomic E-state index is 10.4. The van der Waals surface area contributed by atoms with E-state index >= 15 is 0 Å². The standard InChI is InChI=1S/2C6H9NO/c1-6(8)4-2-3-5-7;1-2-6(8)4-3-5-7/h2*2-4H2,1H3. The summed E-state index contributed by atoms with van der Waals surface area (Å²) in [6.07, 6.45) is 3.11. The minimum atomic E-state index is 0.167. The molecule has 0 aromatic heterocycles. The Hall–Kier alpha value is -1.68. The fraction of sp³-hybridized carbons (Fsp3) is 0.667. The maximum Gasteiger partial charge on any atom is 0.133 e. The summed E-state index contributed by atoms with van der Waals surface area (Å²) in [5.41, 5.74) is 0. The summed E-state index contributed by atoms with van der Waals surface area (Å²) in [5.74, 6) is 0.340. The smallest absolute Gasteiger partial charge is 0.133 e. The third-order valence-electron chi connectivity index (χ3n) is 1.73. The molecule has 0 aliphatic carbocycles. The van der Waals surface area contributed by atoms with Crippen molar-refractivity contribution in [2.24, 2.45) is 0 Å². The zero-order valence-corrected chi connectivity index (χ0v) is 9.95. The molecule has 4 heteroatoms. The normalized spacial score (nSPS) is 8.00. The van der Waals surface area contributed by atoms with Gasteiger partial charge in [-0.2, -0.15) is 10.5 Å². The van der Waals surface area contributed by atoms with Crippen molar-refractivity contribution >= 4 is 11.6 Å². The lowest BCUT2D eigenvalue weighted by atomic mass is 10.2. The van der Waals surface area contributed by atoms with Gasteiger partial charge in [0.05, 0.1) is 12.1 Å². The highest BCUT2D eigenvalue weighted by Crippen LogP contribution is 1.93. The predicted octanol–water partition coefficient (Wildman–Crippen LogP) is 2.54. The fourth-order valence-corrected chi connectivity index (χ4v) is 0.788. The number of unbranched alkanes of at least 4 members (excludes halogenated alkanes) is 1. The molecule has 0 amide bonds. The molecule has 0 rings (SSSR count). The van der Waals surface area contributed by atoms with Crippen LogP contribution in [0, 0.1) is 22.7 Å². The van der Waals surface area contributed by atoms with Gasteiger partial charge < -0.3 is 4.79 Å². The molecule has 0 saturated carbocycles. The monoisotopic (exact) mass is 222 g/mol. The Morgan fingerprint density at radius 3 is 2.00 bits per heavy atom. The van der Waals surface area contributed by atoms with E-state index in [1.165, 1.54) is 6.92 Å². The Morgan fingerprint density at radius 1 is 1.06 bits per heavy atom. The molecular formula is C12H18N2O2. The predicted molar refractivity (Wildman–Crippen MR) is 60.3 cm³/mol. The summed E-state index contributed by atoms with van der Waals surface area (Å²) in [4.78, 5) is 20.6. The first-order valence-corrected chi connectivity index (χ1v) is 5.33. The van der Waals surface area contributed by atoms with Crippen LogP contribution in [-0.2, 0) is 9.59 Å². The van der Waals surface area contributed by atoms with Gasteiger partial charge in [-0.15, -0.1) is 0 Å². The van der Waals surface area contributed by atoms with Crippen molar-refractivity contribution in [1.29, 1.82) is 10.5 Å². The average Bonchev–Trinajstić information content (AvgIpc) is 2.26. The number of Topliss-reactive ketones (excluding diaryl/α,β-unsaturated/α-hetero) is 2. The van der Waals surface area contributed by atoms with Crippen molar-refractivity contribution in [3.8, 4) is 12.1 Å². The molecule has 0 heterocycles. The van der Waals surface area contributed by atoms with Gasteiger partial charge in [0, 0.05) is 32.1 Å². The largest absolute Gasteiger partial charge is 0.300 e. The van der Waals surface area contributed by atoms with E-state index in [4.69, 9.17) is 10.5 Å². The molecule has 0 radical (unpaired) electrons. The lowest BCUT2D eigenvalue weighted by molar-refractivity contribution is -0.119. The van der Waals surface area contributed by atoms with Gasteiger partial charge in [-0.3, -0.25) is 4.79 Å². The molecule has 0 aromatic carbocycles. The second kappa shape index (κ2) is 13.3. The fourth-order valence-electron chi connectivity index (χ4n) is 0.788. The van der Waals surface area contributed by atoms with Crippen LogP contribution >= 0.6 is 0 Å². The second-order valence-electron chi connectivity index (χ2n) is 3.26. The number of carbonyl (C=O) groups is 2. The van der Waals surface area contributed by atoms with Crippen LogP contribution in [0.5, 0.6) is 0 Å². The van der Waals surface area contributed by atoms with Crippen LogP contribution in [0.1, 0.15) is 52.4 Å². The summed E-state index contributed by atoms with van der Waals surface area (Å²) in [6, 6.07) is 3.88. The quantitative estimate of drug-likeness (QED) is 0.646. The highest BCUT2D eigenvalue weighted by Gasteiger charge is 1.94. The zero-order valence-electron chi connectivity index (χ0n) is 9.95. The topological polar surface area (TPSA) is 81.7 Å². The number of ketones is 2. The SMILES string of the molecule is CC(=O)CCCC#N.CCC(=O)CCC#N. The molecule has 0 bridgehead atoms. The number of nitrogens with zero attached hydrogens (tertiary/aromatic N) is 2. The number of carbonyl (C=O) groups excluding carboxylic acids is 2. The third-order valence-corrected chi connectivity index (χ3v) is 1.73. The summed E-state index contributed by atoms with van der Waals surface area (Å²) < 4.78 is 0. The Balaban J connectivity index is 0. The van der Waals surface area contributed by atoms with Gasteiger partial charge >= 0.3 is 0 Å². The minimum absolute atomic E-state index is 0.167. The van der Waals surface area contributed by atoms with Gasteiger partial charge in [-0.05, 0) is 13.3 Å². The Bertz CT molecular complexity index is 284. The lowest BCUT2D eigenvalue weighted by Crippen LogP contribution is -1.92. The van der Waals surface area contributed by atoms with Crippen molar-refractivity contribution in [3.05, 3.63) is 0 Å². The van der Waals surface area contributed by atoms with Crippen LogP contribution in [0.4, 0.5) is 0 Å². The highest BCUT2D eigenvalue weighted by atomic mass is 16.1. The summed E-state index contributed by atoms with van der Waals surface area (Å²) >= 11 is 0. The van der Waals surface area contributed by atoms with Crippen LogP contribution in [0.15, 0.2) is 0 Å². The average molecular weight is 222 g/mol. The van der Waals surface area contributed by atoms with E-state index < -0.39 is 0 Å². The molecule has 16 heavy (non-hydrogen) atoms. The van der Waals surface area contributed by atoms with Gasteiger partial charge in [0.2, 0.25) is 0 Å². The lowest BCUT2D eigenvalue weighted by Gasteiger charge is -1.85. The molecule has 0 saturated heterocycles. The van der Waals surface area contributed by atoms with E-state index in [1.54, 1.807) is 6.92 Å². The van der Waals surface area contributed by atoms with Crippen molar-refractivity contribution in [3.63, 3.8) is 0 Å². The van der Waals surface area contributed by atoms with Crippen LogP contribution in [0.25, 0.3) is 0 Å². The molecule has 0 aliphatic rings. The van der Waals surface area contributed by atoms with E-state index in [-0.39, 0.29) is 11.6 Å². The van der Waals surface area contributed by atoms with E-state index in [0.717, 1.165) is 0 Å². The highest BCUT2D eigenvalue weighted by molar-refractivity contribution is 5.78. The first kappa shape index (κ1) is 16.7. The Morgan fingerprint density at radius 2 is 1.62 bits per heavy atom. The van der Waals surface area contributed by atoms with Gasteiger partial charge in [0.1, 0.15) is 11.6 Å². The third kappa shape index (κ3) is 18.2. The number of hydrogen-bond acceptors (Lipinski definition) is 4. The Kier molecular flexibility index (Phi) is 13.9. The summed E-state index contributed by atoms with van der Waals surface area (Å²) in [5, 5.41) is 16.0. The van der Waals surface area contributed by atoms with Crippen LogP contribution in [0.2, 0.25) is 0 Å². The molecule has 4 nitrogen and oxygen atoms in total. The summed E-state index contributed by atoms with van der Waals surface area (Å²) in [6.45, 7) is 3.34. The van der Waals surface area contributed by atoms with Crippen LogP contribution in [-0.4, -0.2) is 11.6 Å². The number of hydrogen-bond donors (Lipinski definition) is 0. The van der Waals surface area contributed by atoms with E-state index in [2.05, 4.69) is 0 Å². The van der Waals surface area contributed by atoms with Gasteiger partial charge in [0.25, 0.3) is 0 Å². The minimum Gasteiger partial charge on any atom is -0.300 e. The van der Waals surface area contributed by atoms with Gasteiger partial charge in [-0.25, -0.2) is 0 Å². The molecular weight excluding hydrogens is 204 g/mol. The van der Waals surface area contributed by atoms with E-state index in [9.17, 15) is 9.59 Å². The van der Waals surface area contributed by atoms with E-state index in [0.29, 0.717) is 38.5 Å². The van der Waals surface area contributed by atoms with Crippen molar-refractivity contribution in [2.45, 2.75) is 52.4 Å². The second-order valence-corrected chi connectivity index (χ2v) is 3.26. The molecule has 88 valence electrons. The molecule has 0 fully saturated rings. The molecule has 0 spiro atoms. The van der Waals surface area contributed by atoms with E-state index in [1.807, 2.05) is 12.1 Å². The molecule has 0 unspecified atom stereocenters. The van der Waals surface area contributed by atoms with Gasteiger partial charge in [0.15, 0.2) is 0 Å². The summed E-state index contributed by atoms with van der Waals surface area (Å²) in [7, 11) is 0. The zero-order chi connectivity index (χ0) is 12.8. The molecule has 0 N–H and O–H groups in total. The van der Waals surface area contributed by atoms with Gasteiger partial charge in [-0.1, -0.05) is 6.92 Å². The van der Waals surface area contributed by atoms with Crippen molar-refractivity contribution in [2.75, 3.05) is 0 Å². The first-order chi connectivity index (χ1) is 7.58.